The number of carbonyl (C=O) groups excluding carboxylic acids is 2. The van der Waals surface area contributed by atoms with Crippen LogP contribution in [0, 0.1) is 0 Å². The minimum atomic E-state index is -0.446. The van der Waals surface area contributed by atoms with E-state index in [1.165, 1.54) is 11.8 Å². The van der Waals surface area contributed by atoms with Crippen LogP contribution in [-0.4, -0.2) is 17.6 Å². The van der Waals surface area contributed by atoms with Crippen LogP contribution in [0.1, 0.15) is 10.4 Å². The standard InChI is InChI=1S/C15H13ClN2O2S/c16-13-9-5-4-8-12(13)15(20)18-17-14(19)10-21-11-6-2-1-3-7-11/h1-9H,10H2,(H,17,19)(H,18,20). The Labute approximate surface area is 131 Å². The molecule has 4 nitrogen and oxygen atoms in total. The van der Waals surface area contributed by atoms with Crippen LogP contribution in [-0.2, 0) is 4.79 Å². The second-order valence-corrected chi connectivity index (χ2v) is 5.54. The molecule has 0 atom stereocenters. The maximum absolute atomic E-state index is 11.8. The Bertz CT molecular complexity index is 635. The molecule has 0 aliphatic heterocycles. The molecule has 0 spiro atoms. The third kappa shape index (κ3) is 4.81. The SMILES string of the molecule is O=C(CSc1ccccc1)NNC(=O)c1ccccc1Cl. The molecule has 0 aliphatic carbocycles. The van der Waals surface area contributed by atoms with Gasteiger partial charge < -0.3 is 0 Å². The van der Waals surface area contributed by atoms with E-state index in [-0.39, 0.29) is 11.7 Å². The first kappa shape index (κ1) is 15.4. The second-order valence-electron chi connectivity index (χ2n) is 4.08. The van der Waals surface area contributed by atoms with E-state index >= 15 is 0 Å². The monoisotopic (exact) mass is 320 g/mol. The van der Waals surface area contributed by atoms with Gasteiger partial charge in [-0.3, -0.25) is 20.4 Å². The van der Waals surface area contributed by atoms with Gasteiger partial charge in [0.2, 0.25) is 5.91 Å². The molecule has 21 heavy (non-hydrogen) atoms. The topological polar surface area (TPSA) is 58.2 Å². The Morgan fingerprint density at radius 3 is 2.33 bits per heavy atom. The normalized spacial score (nSPS) is 9.95. The van der Waals surface area contributed by atoms with Crippen molar-refractivity contribution in [1.29, 1.82) is 0 Å². The van der Waals surface area contributed by atoms with Crippen LogP contribution in [0.2, 0.25) is 5.02 Å². The maximum Gasteiger partial charge on any atom is 0.271 e. The summed E-state index contributed by atoms with van der Waals surface area (Å²) in [5.41, 5.74) is 5.01. The highest BCUT2D eigenvalue weighted by Gasteiger charge is 2.10. The quantitative estimate of drug-likeness (QED) is 0.672. The summed E-state index contributed by atoms with van der Waals surface area (Å²) >= 11 is 7.29. The van der Waals surface area contributed by atoms with Gasteiger partial charge in [0, 0.05) is 4.90 Å². The molecular formula is C15H13ClN2O2S. The summed E-state index contributed by atoms with van der Waals surface area (Å²) in [7, 11) is 0. The number of halogens is 1. The summed E-state index contributed by atoms with van der Waals surface area (Å²) in [6, 6.07) is 16.2. The molecule has 0 aliphatic rings. The summed E-state index contributed by atoms with van der Waals surface area (Å²) in [5, 5.41) is 0.336. The number of nitrogens with one attached hydrogen (secondary N) is 2. The van der Waals surface area contributed by atoms with Crippen molar-refractivity contribution in [1.82, 2.24) is 10.9 Å². The second kappa shape index (κ2) is 7.71. The van der Waals surface area contributed by atoms with Crippen molar-refractivity contribution >= 4 is 35.2 Å². The first-order chi connectivity index (χ1) is 10.2. The molecule has 2 rings (SSSR count). The number of hydrazine groups is 1. The fourth-order valence-electron chi connectivity index (χ4n) is 1.54. The van der Waals surface area contributed by atoms with E-state index in [1.807, 2.05) is 30.3 Å². The van der Waals surface area contributed by atoms with Gasteiger partial charge in [-0.05, 0) is 24.3 Å². The van der Waals surface area contributed by atoms with Crippen molar-refractivity contribution in [3.63, 3.8) is 0 Å². The van der Waals surface area contributed by atoms with Gasteiger partial charge >= 0.3 is 0 Å². The average molecular weight is 321 g/mol. The van der Waals surface area contributed by atoms with Crippen LogP contribution in [0.15, 0.2) is 59.5 Å². The van der Waals surface area contributed by atoms with E-state index in [2.05, 4.69) is 10.9 Å². The third-order valence-corrected chi connectivity index (χ3v) is 3.89. The summed E-state index contributed by atoms with van der Waals surface area (Å²) in [5.74, 6) is -0.518. The zero-order chi connectivity index (χ0) is 15.1. The van der Waals surface area contributed by atoms with Crippen molar-refractivity contribution in [2.45, 2.75) is 4.90 Å². The minimum Gasteiger partial charge on any atom is -0.272 e. The zero-order valence-corrected chi connectivity index (χ0v) is 12.6. The summed E-state index contributed by atoms with van der Waals surface area (Å²) in [4.78, 5) is 24.5. The van der Waals surface area contributed by atoms with Gasteiger partial charge in [-0.1, -0.05) is 41.9 Å². The number of benzene rings is 2. The van der Waals surface area contributed by atoms with E-state index in [0.717, 1.165) is 4.90 Å². The van der Waals surface area contributed by atoms with Gasteiger partial charge in [-0.15, -0.1) is 11.8 Å². The molecule has 2 amide bonds. The molecule has 0 aromatic heterocycles. The van der Waals surface area contributed by atoms with Crippen molar-refractivity contribution in [2.24, 2.45) is 0 Å². The molecular weight excluding hydrogens is 308 g/mol. The molecule has 0 bridgehead atoms. The summed E-state index contributed by atoms with van der Waals surface area (Å²) in [6.07, 6.45) is 0. The number of rotatable bonds is 4. The van der Waals surface area contributed by atoms with E-state index < -0.39 is 5.91 Å². The van der Waals surface area contributed by atoms with Crippen molar-refractivity contribution < 1.29 is 9.59 Å². The van der Waals surface area contributed by atoms with E-state index in [0.29, 0.717) is 10.6 Å². The Hall–Kier alpha value is -1.98. The first-order valence-electron chi connectivity index (χ1n) is 6.18. The Balaban J connectivity index is 1.79. The summed E-state index contributed by atoms with van der Waals surface area (Å²) < 4.78 is 0. The van der Waals surface area contributed by atoms with Crippen LogP contribution in [0.5, 0.6) is 0 Å². The predicted molar refractivity (Wildman–Crippen MR) is 84.2 cm³/mol. The summed E-state index contributed by atoms with van der Waals surface area (Å²) in [6.45, 7) is 0. The van der Waals surface area contributed by atoms with Crippen molar-refractivity contribution in [2.75, 3.05) is 5.75 Å². The Morgan fingerprint density at radius 2 is 1.62 bits per heavy atom. The number of hydrogen-bond donors (Lipinski definition) is 2. The van der Waals surface area contributed by atoms with Gasteiger partial charge in [-0.25, -0.2) is 0 Å². The Kier molecular flexibility index (Phi) is 5.66. The number of carbonyl (C=O) groups is 2. The van der Waals surface area contributed by atoms with E-state index in [9.17, 15) is 9.59 Å². The van der Waals surface area contributed by atoms with Crippen molar-refractivity contribution in [3.05, 3.63) is 65.2 Å². The lowest BCUT2D eigenvalue weighted by Crippen LogP contribution is -2.42. The number of hydrogen-bond acceptors (Lipinski definition) is 3. The molecule has 0 fully saturated rings. The zero-order valence-electron chi connectivity index (χ0n) is 11.0. The minimum absolute atomic E-state index is 0.215. The maximum atomic E-state index is 11.8. The molecule has 0 radical (unpaired) electrons. The molecule has 0 saturated heterocycles. The molecule has 2 aromatic carbocycles. The molecule has 0 unspecified atom stereocenters. The molecule has 0 heterocycles. The highest BCUT2D eigenvalue weighted by molar-refractivity contribution is 8.00. The Morgan fingerprint density at radius 1 is 0.952 bits per heavy atom. The molecule has 6 heteroatoms. The lowest BCUT2D eigenvalue weighted by Gasteiger charge is -2.08. The van der Waals surface area contributed by atoms with E-state index in [4.69, 9.17) is 11.6 Å². The number of thioether (sulfide) groups is 1. The molecule has 108 valence electrons. The van der Waals surface area contributed by atoms with Crippen molar-refractivity contribution in [3.8, 4) is 0 Å². The van der Waals surface area contributed by atoms with E-state index in [1.54, 1.807) is 24.3 Å². The lowest BCUT2D eigenvalue weighted by atomic mass is 10.2. The van der Waals surface area contributed by atoms with Crippen LogP contribution >= 0.6 is 23.4 Å². The average Bonchev–Trinajstić information content (AvgIpc) is 2.52. The number of amides is 2. The largest absolute Gasteiger partial charge is 0.272 e. The van der Waals surface area contributed by atoms with Crippen LogP contribution < -0.4 is 10.9 Å². The van der Waals surface area contributed by atoms with Crippen LogP contribution in [0.4, 0.5) is 0 Å². The smallest absolute Gasteiger partial charge is 0.271 e. The van der Waals surface area contributed by atoms with Gasteiger partial charge in [-0.2, -0.15) is 0 Å². The predicted octanol–water partition coefficient (Wildman–Crippen LogP) is 2.89. The first-order valence-corrected chi connectivity index (χ1v) is 7.55. The fraction of sp³-hybridized carbons (Fsp3) is 0.0667. The highest BCUT2D eigenvalue weighted by atomic mass is 35.5. The van der Waals surface area contributed by atoms with Gasteiger partial charge in [0.25, 0.3) is 5.91 Å². The fourth-order valence-corrected chi connectivity index (χ4v) is 2.48. The molecule has 0 saturated carbocycles. The van der Waals surface area contributed by atoms with Gasteiger partial charge in [0.1, 0.15) is 0 Å². The van der Waals surface area contributed by atoms with Gasteiger partial charge in [0.15, 0.2) is 0 Å². The third-order valence-electron chi connectivity index (χ3n) is 2.55. The lowest BCUT2D eigenvalue weighted by molar-refractivity contribution is -0.119. The highest BCUT2D eigenvalue weighted by Crippen LogP contribution is 2.16. The van der Waals surface area contributed by atoms with Crippen LogP contribution in [0.3, 0.4) is 0 Å². The van der Waals surface area contributed by atoms with Crippen LogP contribution in [0.25, 0.3) is 0 Å². The molecule has 2 aromatic rings. The molecule has 2 N–H and O–H groups in total. The van der Waals surface area contributed by atoms with Gasteiger partial charge in [0.05, 0.1) is 16.3 Å².